The SMILES string of the molecule is CCOC(=O)c1cnc(-c2ccc(C)c(F)c2)nc1Oc1cc(Cl)ccc1Cl. The van der Waals surface area contributed by atoms with Gasteiger partial charge < -0.3 is 9.47 Å². The maximum absolute atomic E-state index is 13.9. The third-order valence-corrected chi connectivity index (χ3v) is 4.33. The molecule has 0 saturated heterocycles. The zero-order chi connectivity index (χ0) is 20.3. The van der Waals surface area contributed by atoms with Crippen molar-refractivity contribution < 1.29 is 18.7 Å². The van der Waals surface area contributed by atoms with E-state index in [0.717, 1.165) is 0 Å². The Kier molecular flexibility index (Phi) is 6.11. The first-order valence-electron chi connectivity index (χ1n) is 8.32. The highest BCUT2D eigenvalue weighted by molar-refractivity contribution is 6.34. The monoisotopic (exact) mass is 420 g/mol. The van der Waals surface area contributed by atoms with Crippen molar-refractivity contribution in [3.05, 3.63) is 69.6 Å². The maximum atomic E-state index is 13.9. The van der Waals surface area contributed by atoms with E-state index in [9.17, 15) is 9.18 Å². The number of nitrogens with zero attached hydrogens (tertiary/aromatic N) is 2. The summed E-state index contributed by atoms with van der Waals surface area (Å²) in [7, 11) is 0. The van der Waals surface area contributed by atoms with Crippen LogP contribution >= 0.6 is 23.2 Å². The van der Waals surface area contributed by atoms with Gasteiger partial charge in [-0.2, -0.15) is 4.98 Å². The first-order valence-corrected chi connectivity index (χ1v) is 9.08. The van der Waals surface area contributed by atoms with E-state index in [2.05, 4.69) is 9.97 Å². The van der Waals surface area contributed by atoms with Crippen LogP contribution in [-0.4, -0.2) is 22.5 Å². The van der Waals surface area contributed by atoms with E-state index >= 15 is 0 Å². The number of rotatable bonds is 5. The minimum Gasteiger partial charge on any atom is -0.462 e. The molecule has 5 nitrogen and oxygen atoms in total. The van der Waals surface area contributed by atoms with E-state index in [0.29, 0.717) is 16.1 Å². The quantitative estimate of drug-likeness (QED) is 0.483. The number of esters is 1. The van der Waals surface area contributed by atoms with Gasteiger partial charge >= 0.3 is 5.97 Å². The molecule has 0 N–H and O–H groups in total. The zero-order valence-corrected chi connectivity index (χ0v) is 16.5. The van der Waals surface area contributed by atoms with Crippen molar-refractivity contribution in [2.75, 3.05) is 6.61 Å². The van der Waals surface area contributed by atoms with Gasteiger partial charge in [0.2, 0.25) is 5.88 Å². The van der Waals surface area contributed by atoms with Crippen LogP contribution in [0.2, 0.25) is 10.0 Å². The smallest absolute Gasteiger partial charge is 0.345 e. The average molecular weight is 421 g/mol. The number of hydrogen-bond donors (Lipinski definition) is 0. The van der Waals surface area contributed by atoms with E-state index in [1.807, 2.05) is 0 Å². The molecule has 144 valence electrons. The summed E-state index contributed by atoms with van der Waals surface area (Å²) in [6, 6.07) is 9.25. The molecule has 3 rings (SSSR count). The summed E-state index contributed by atoms with van der Waals surface area (Å²) in [5, 5.41) is 0.674. The number of carbonyl (C=O) groups excluding carboxylic acids is 1. The fourth-order valence-corrected chi connectivity index (χ4v) is 2.64. The third-order valence-electron chi connectivity index (χ3n) is 3.78. The summed E-state index contributed by atoms with van der Waals surface area (Å²) in [6.45, 7) is 3.50. The lowest BCUT2D eigenvalue weighted by Gasteiger charge is -2.12. The molecule has 0 aliphatic rings. The fourth-order valence-electron chi connectivity index (χ4n) is 2.32. The van der Waals surface area contributed by atoms with Crippen LogP contribution in [0.3, 0.4) is 0 Å². The Morgan fingerprint density at radius 2 is 1.96 bits per heavy atom. The molecule has 0 unspecified atom stereocenters. The minimum atomic E-state index is -0.655. The highest BCUT2D eigenvalue weighted by atomic mass is 35.5. The molecular weight excluding hydrogens is 406 g/mol. The van der Waals surface area contributed by atoms with E-state index in [-0.39, 0.29) is 34.6 Å². The van der Waals surface area contributed by atoms with Crippen LogP contribution in [0.5, 0.6) is 11.6 Å². The van der Waals surface area contributed by atoms with Crippen LogP contribution in [0.4, 0.5) is 4.39 Å². The van der Waals surface area contributed by atoms with E-state index in [1.54, 1.807) is 38.1 Å². The number of benzene rings is 2. The topological polar surface area (TPSA) is 61.3 Å². The Labute approximate surface area is 171 Å². The lowest BCUT2D eigenvalue weighted by Crippen LogP contribution is -2.09. The minimum absolute atomic E-state index is 0.00854. The van der Waals surface area contributed by atoms with Gasteiger partial charge in [0.05, 0.1) is 11.6 Å². The molecule has 0 spiro atoms. The Morgan fingerprint density at radius 3 is 2.68 bits per heavy atom. The third kappa shape index (κ3) is 4.40. The van der Waals surface area contributed by atoms with Gasteiger partial charge in [0, 0.05) is 22.8 Å². The van der Waals surface area contributed by atoms with Gasteiger partial charge in [0.25, 0.3) is 0 Å². The second-order valence-electron chi connectivity index (χ2n) is 5.77. The van der Waals surface area contributed by atoms with Crippen molar-refractivity contribution in [2.45, 2.75) is 13.8 Å². The summed E-state index contributed by atoms with van der Waals surface area (Å²) < 4.78 is 24.7. The Balaban J connectivity index is 2.08. The Morgan fingerprint density at radius 1 is 1.18 bits per heavy atom. The standard InChI is InChI=1S/C20H15Cl2FN2O3/c1-3-27-20(26)14-10-24-18(12-5-4-11(2)16(23)8-12)25-19(14)28-17-9-13(21)6-7-15(17)22/h4-10H,3H2,1-2H3. The van der Waals surface area contributed by atoms with Crippen LogP contribution in [0, 0.1) is 12.7 Å². The lowest BCUT2D eigenvalue weighted by molar-refractivity contribution is 0.0522. The summed E-state index contributed by atoms with van der Waals surface area (Å²) in [5.74, 6) is -0.735. The molecule has 0 bridgehead atoms. The van der Waals surface area contributed by atoms with Gasteiger partial charge in [0.15, 0.2) is 5.82 Å². The molecule has 0 amide bonds. The van der Waals surface area contributed by atoms with Crippen molar-refractivity contribution in [1.82, 2.24) is 9.97 Å². The summed E-state index contributed by atoms with van der Waals surface area (Å²) in [6.07, 6.45) is 1.27. The summed E-state index contributed by atoms with van der Waals surface area (Å²) >= 11 is 12.1. The maximum Gasteiger partial charge on any atom is 0.345 e. The number of carbonyl (C=O) groups is 1. The number of aromatic nitrogens is 2. The molecule has 1 heterocycles. The molecule has 0 saturated carbocycles. The van der Waals surface area contributed by atoms with Crippen molar-refractivity contribution >= 4 is 29.2 Å². The van der Waals surface area contributed by atoms with Crippen molar-refractivity contribution in [3.63, 3.8) is 0 Å². The molecule has 0 fully saturated rings. The number of hydrogen-bond acceptors (Lipinski definition) is 5. The predicted octanol–water partition coefficient (Wildman–Crippen LogP) is 5.87. The van der Waals surface area contributed by atoms with Gasteiger partial charge in [-0.25, -0.2) is 14.2 Å². The normalized spacial score (nSPS) is 10.6. The van der Waals surface area contributed by atoms with Crippen LogP contribution in [0.1, 0.15) is 22.8 Å². The highest BCUT2D eigenvalue weighted by Gasteiger charge is 2.20. The van der Waals surface area contributed by atoms with Crippen molar-refractivity contribution in [2.24, 2.45) is 0 Å². The molecule has 3 aromatic rings. The molecule has 28 heavy (non-hydrogen) atoms. The predicted molar refractivity (Wildman–Crippen MR) is 105 cm³/mol. The molecule has 0 radical (unpaired) electrons. The number of aryl methyl sites for hydroxylation is 1. The van der Waals surface area contributed by atoms with Crippen molar-refractivity contribution in [3.8, 4) is 23.0 Å². The van der Waals surface area contributed by atoms with Crippen LogP contribution in [0.15, 0.2) is 42.6 Å². The van der Waals surface area contributed by atoms with Crippen LogP contribution in [-0.2, 0) is 4.74 Å². The largest absolute Gasteiger partial charge is 0.462 e. The molecule has 1 aromatic heterocycles. The molecule has 8 heteroatoms. The first kappa shape index (κ1) is 20.0. The molecular formula is C20H15Cl2FN2O3. The van der Waals surface area contributed by atoms with Crippen LogP contribution < -0.4 is 4.74 Å². The molecule has 0 atom stereocenters. The summed E-state index contributed by atoms with van der Waals surface area (Å²) in [5.41, 5.74) is 0.934. The van der Waals surface area contributed by atoms with E-state index in [4.69, 9.17) is 32.7 Å². The number of ether oxygens (including phenoxy) is 2. The average Bonchev–Trinajstić information content (AvgIpc) is 2.67. The second-order valence-corrected chi connectivity index (χ2v) is 6.62. The zero-order valence-electron chi connectivity index (χ0n) is 15.0. The molecule has 2 aromatic carbocycles. The lowest BCUT2D eigenvalue weighted by atomic mass is 10.1. The molecule has 0 aliphatic heterocycles. The number of halogens is 3. The second kappa shape index (κ2) is 8.54. The van der Waals surface area contributed by atoms with Gasteiger partial charge in [0.1, 0.15) is 17.1 Å². The first-order chi connectivity index (χ1) is 13.4. The van der Waals surface area contributed by atoms with E-state index in [1.165, 1.54) is 18.3 Å². The van der Waals surface area contributed by atoms with Gasteiger partial charge in [-0.15, -0.1) is 0 Å². The Hall–Kier alpha value is -2.70. The van der Waals surface area contributed by atoms with E-state index < -0.39 is 11.8 Å². The molecule has 0 aliphatic carbocycles. The fraction of sp³-hybridized carbons (Fsp3) is 0.150. The van der Waals surface area contributed by atoms with Gasteiger partial charge in [-0.1, -0.05) is 35.3 Å². The van der Waals surface area contributed by atoms with Crippen molar-refractivity contribution in [1.29, 1.82) is 0 Å². The summed E-state index contributed by atoms with van der Waals surface area (Å²) in [4.78, 5) is 20.7. The highest BCUT2D eigenvalue weighted by Crippen LogP contribution is 2.33. The Bertz CT molecular complexity index is 1040. The van der Waals surface area contributed by atoms with Crippen LogP contribution in [0.25, 0.3) is 11.4 Å². The van der Waals surface area contributed by atoms with Gasteiger partial charge in [-0.05, 0) is 37.6 Å². The van der Waals surface area contributed by atoms with Gasteiger partial charge in [-0.3, -0.25) is 0 Å².